The number of ether oxygens (including phenoxy) is 3. The number of benzene rings is 1. The predicted octanol–water partition coefficient (Wildman–Crippen LogP) is 0.997. The summed E-state index contributed by atoms with van der Waals surface area (Å²) in [6.45, 7) is 0.102. The van der Waals surface area contributed by atoms with Crippen LogP contribution in [0.4, 0.5) is 0 Å². The van der Waals surface area contributed by atoms with Crippen LogP contribution in [0.3, 0.4) is 0 Å². The molecule has 3 saturated carbocycles. The molecule has 3 aliphatic heterocycles. The molecule has 3 saturated heterocycles. The van der Waals surface area contributed by atoms with E-state index in [1.165, 1.54) is 11.0 Å². The number of hydroxylamine groups is 2. The zero-order chi connectivity index (χ0) is 28.5. The van der Waals surface area contributed by atoms with Gasteiger partial charge in [0.25, 0.3) is 0 Å². The lowest BCUT2D eigenvalue weighted by Gasteiger charge is -2.48. The topological polar surface area (TPSA) is 127 Å². The van der Waals surface area contributed by atoms with Gasteiger partial charge in [0.15, 0.2) is 11.8 Å². The SMILES string of the molecule is CN(C)C(=O)C=Cc1ccc(CN2O[C@@H]3[C@H]4OC(C5CC5)(C5CC5)O[C@H]4[C@@H]4C[C@]3(C(=O)NCCO)[C@@H]2C(=O)O4)cc1. The molecule has 0 spiro atoms. The summed E-state index contributed by atoms with van der Waals surface area (Å²) < 4.78 is 19.5. The van der Waals surface area contributed by atoms with Crippen LogP contribution >= 0.6 is 0 Å². The van der Waals surface area contributed by atoms with Crippen LogP contribution in [0, 0.1) is 17.3 Å². The Balaban J connectivity index is 1.19. The molecule has 7 rings (SSSR count). The number of fused-ring (bicyclic) bond motifs is 4. The molecule has 6 atom stereocenters. The highest BCUT2D eigenvalue weighted by molar-refractivity contribution is 5.93. The number of hydrogen-bond acceptors (Lipinski definition) is 9. The Hall–Kier alpha value is -2.83. The fourth-order valence-electron chi connectivity index (χ4n) is 7.23. The van der Waals surface area contributed by atoms with E-state index in [9.17, 15) is 19.5 Å². The van der Waals surface area contributed by atoms with Gasteiger partial charge in [-0.15, -0.1) is 0 Å². The monoisotopic (exact) mass is 567 g/mol. The highest BCUT2D eigenvalue weighted by atomic mass is 16.8. The molecule has 0 aromatic heterocycles. The molecule has 41 heavy (non-hydrogen) atoms. The molecule has 6 fully saturated rings. The van der Waals surface area contributed by atoms with Gasteiger partial charge in [0, 0.05) is 45.0 Å². The van der Waals surface area contributed by atoms with Crippen LogP contribution in [0.1, 0.15) is 43.2 Å². The van der Waals surface area contributed by atoms with Crippen molar-refractivity contribution in [1.82, 2.24) is 15.3 Å². The van der Waals surface area contributed by atoms with E-state index in [1.54, 1.807) is 25.2 Å². The molecule has 11 heteroatoms. The summed E-state index contributed by atoms with van der Waals surface area (Å²) >= 11 is 0. The van der Waals surface area contributed by atoms with Crippen molar-refractivity contribution in [2.75, 3.05) is 27.2 Å². The molecule has 2 N–H and O–H groups in total. The number of rotatable bonds is 9. The van der Waals surface area contributed by atoms with Crippen molar-refractivity contribution in [2.24, 2.45) is 17.3 Å². The number of nitrogens with zero attached hydrogens (tertiary/aromatic N) is 2. The Morgan fingerprint density at radius 1 is 1.10 bits per heavy atom. The maximum atomic E-state index is 13.9. The smallest absolute Gasteiger partial charge is 0.327 e. The molecule has 2 bridgehead atoms. The van der Waals surface area contributed by atoms with Gasteiger partial charge in [0.05, 0.1) is 13.2 Å². The lowest BCUT2D eigenvalue weighted by Crippen LogP contribution is -2.69. The molecule has 0 unspecified atom stereocenters. The highest BCUT2D eigenvalue weighted by Crippen LogP contribution is 2.63. The van der Waals surface area contributed by atoms with Gasteiger partial charge in [-0.3, -0.25) is 19.2 Å². The summed E-state index contributed by atoms with van der Waals surface area (Å²) in [5, 5.41) is 13.8. The second-order valence-corrected chi connectivity index (χ2v) is 12.4. The molecule has 1 aromatic carbocycles. The molecule has 6 aliphatic rings. The van der Waals surface area contributed by atoms with E-state index in [0.717, 1.165) is 36.8 Å². The predicted molar refractivity (Wildman–Crippen MR) is 143 cm³/mol. The largest absolute Gasteiger partial charge is 0.458 e. The first-order valence-corrected chi connectivity index (χ1v) is 14.6. The second kappa shape index (κ2) is 9.88. The molecule has 11 nitrogen and oxygen atoms in total. The van der Waals surface area contributed by atoms with Crippen molar-refractivity contribution in [3.63, 3.8) is 0 Å². The first-order valence-electron chi connectivity index (χ1n) is 14.6. The van der Waals surface area contributed by atoms with Crippen LogP contribution in [-0.4, -0.2) is 96.3 Å². The lowest BCUT2D eigenvalue weighted by molar-refractivity contribution is -0.235. The Morgan fingerprint density at radius 3 is 2.41 bits per heavy atom. The van der Waals surface area contributed by atoms with Crippen LogP contribution in [0.15, 0.2) is 30.3 Å². The van der Waals surface area contributed by atoms with Gasteiger partial charge >= 0.3 is 5.97 Å². The summed E-state index contributed by atoms with van der Waals surface area (Å²) in [4.78, 5) is 47.5. The first kappa shape index (κ1) is 27.0. The number of amides is 2. The summed E-state index contributed by atoms with van der Waals surface area (Å²) in [7, 11) is 3.39. The number of hydrogen-bond donors (Lipinski definition) is 2. The summed E-state index contributed by atoms with van der Waals surface area (Å²) in [5.41, 5.74) is 0.486. The van der Waals surface area contributed by atoms with Crippen molar-refractivity contribution in [1.29, 1.82) is 0 Å². The minimum absolute atomic E-state index is 0.0740. The van der Waals surface area contributed by atoms with Gasteiger partial charge in [0.1, 0.15) is 29.8 Å². The third-order valence-electron chi connectivity index (χ3n) is 9.48. The van der Waals surface area contributed by atoms with Crippen LogP contribution in [0.5, 0.6) is 0 Å². The average molecular weight is 568 g/mol. The minimum atomic E-state index is -1.24. The van der Waals surface area contributed by atoms with E-state index in [4.69, 9.17) is 19.0 Å². The third-order valence-corrected chi connectivity index (χ3v) is 9.48. The van der Waals surface area contributed by atoms with Gasteiger partial charge in [-0.05, 0) is 42.9 Å². The molecular formula is C30H37N3O8. The zero-order valence-corrected chi connectivity index (χ0v) is 23.4. The maximum absolute atomic E-state index is 13.9. The van der Waals surface area contributed by atoms with Gasteiger partial charge in [-0.25, -0.2) is 0 Å². The molecule has 220 valence electrons. The van der Waals surface area contributed by atoms with Gasteiger partial charge in [-0.1, -0.05) is 24.3 Å². The zero-order valence-electron chi connectivity index (χ0n) is 23.4. The van der Waals surface area contributed by atoms with E-state index in [0.29, 0.717) is 11.8 Å². The summed E-state index contributed by atoms with van der Waals surface area (Å²) in [6.07, 6.45) is 5.27. The van der Waals surface area contributed by atoms with E-state index < -0.39 is 47.6 Å². The third kappa shape index (κ3) is 4.32. The van der Waals surface area contributed by atoms with E-state index in [2.05, 4.69) is 5.32 Å². The van der Waals surface area contributed by atoms with Crippen LogP contribution < -0.4 is 5.32 Å². The molecular weight excluding hydrogens is 530 g/mol. The van der Waals surface area contributed by atoms with Gasteiger partial charge < -0.3 is 29.5 Å². The standard InChI is InChI=1S/C30H37N3O8/c1-32(2)22(35)12-7-17-3-5-18(6-4-17)16-33-25-27(36)38-21-15-29(25,28(37)31-13-14-34)26(41-33)24-23(21)39-30(40-24,19-8-9-19)20-10-11-20/h3-7,12,19-21,23-26,34H,8-11,13-16H2,1-2H3,(H,31,37)/t21-,23-,24-,25-,26+,29-/m0/s1. The molecule has 2 amide bonds. The number of aliphatic hydroxyl groups is 1. The van der Waals surface area contributed by atoms with Crippen molar-refractivity contribution in [3.05, 3.63) is 41.5 Å². The van der Waals surface area contributed by atoms with E-state index in [1.807, 2.05) is 24.3 Å². The Bertz CT molecular complexity index is 1250. The molecule has 1 aromatic rings. The Labute approximate surface area is 238 Å². The Morgan fingerprint density at radius 2 is 1.78 bits per heavy atom. The van der Waals surface area contributed by atoms with Crippen LogP contribution in [0.25, 0.3) is 6.08 Å². The van der Waals surface area contributed by atoms with Crippen molar-refractivity contribution in [3.8, 4) is 0 Å². The summed E-state index contributed by atoms with van der Waals surface area (Å²) in [5.74, 6) is -1.04. The van der Waals surface area contributed by atoms with Crippen LogP contribution in [-0.2, 0) is 40.0 Å². The van der Waals surface area contributed by atoms with Crippen LogP contribution in [0.2, 0.25) is 0 Å². The maximum Gasteiger partial charge on any atom is 0.327 e. The van der Waals surface area contributed by atoms with Crippen molar-refractivity contribution in [2.45, 2.75) is 74.9 Å². The lowest BCUT2D eigenvalue weighted by atomic mass is 9.62. The minimum Gasteiger partial charge on any atom is -0.458 e. The van der Waals surface area contributed by atoms with E-state index in [-0.39, 0.29) is 37.9 Å². The first-order chi connectivity index (χ1) is 19.8. The van der Waals surface area contributed by atoms with Gasteiger partial charge in [-0.2, -0.15) is 5.06 Å². The average Bonchev–Trinajstić information content (AvgIpc) is 3.90. The molecule has 3 aliphatic carbocycles. The van der Waals surface area contributed by atoms with Crippen molar-refractivity contribution >= 4 is 23.9 Å². The fraction of sp³-hybridized carbons (Fsp3) is 0.633. The van der Waals surface area contributed by atoms with Crippen molar-refractivity contribution < 1.29 is 38.5 Å². The normalized spacial score (nSPS) is 35.3. The number of aliphatic hydroxyl groups excluding tert-OH is 1. The number of carbonyl (C=O) groups is 3. The highest BCUT2D eigenvalue weighted by Gasteiger charge is 2.78. The number of carbonyl (C=O) groups excluding carboxylic acids is 3. The van der Waals surface area contributed by atoms with E-state index >= 15 is 0 Å². The number of likely N-dealkylation sites (N-methyl/N-ethyl adjacent to an activating group) is 1. The quantitative estimate of drug-likeness (QED) is 0.332. The second-order valence-electron chi connectivity index (χ2n) is 12.4. The number of esters is 1. The molecule has 0 radical (unpaired) electrons. The number of nitrogens with one attached hydrogen (secondary N) is 1. The molecule has 3 heterocycles. The fourth-order valence-corrected chi connectivity index (χ4v) is 7.23. The van der Waals surface area contributed by atoms with Gasteiger partial charge in [0.2, 0.25) is 11.8 Å². The summed E-state index contributed by atoms with van der Waals surface area (Å²) in [6, 6.07) is 6.62. The Kier molecular flexibility index (Phi) is 6.51.